The fourth-order valence-electron chi connectivity index (χ4n) is 1.89. The summed E-state index contributed by atoms with van der Waals surface area (Å²) >= 11 is 0. The number of methoxy groups -OCH3 is 1. The molecule has 2 aromatic rings. The number of rotatable bonds is 6. The van der Waals surface area contributed by atoms with Crippen LogP contribution in [0.15, 0.2) is 30.6 Å². The molecule has 0 amide bonds. The molecule has 0 fully saturated rings. The van der Waals surface area contributed by atoms with Gasteiger partial charge in [0.25, 0.3) is 0 Å². The van der Waals surface area contributed by atoms with Crippen LogP contribution in [0.25, 0.3) is 0 Å². The van der Waals surface area contributed by atoms with Gasteiger partial charge in [-0.1, -0.05) is 12.1 Å². The summed E-state index contributed by atoms with van der Waals surface area (Å²) in [5, 5.41) is 7.59. The van der Waals surface area contributed by atoms with E-state index in [4.69, 9.17) is 4.74 Å². The van der Waals surface area contributed by atoms with Crippen LogP contribution in [0.3, 0.4) is 0 Å². The maximum atomic E-state index is 5.13. The Morgan fingerprint density at radius 2 is 1.95 bits per heavy atom. The maximum Gasteiger partial charge on any atom is 0.141 e. The standard InChI is InChI=1S/C14H20N4O/c1-11(2)18-14(16-10-17-18)9-15-8-12-4-6-13(19-3)7-5-12/h4-7,10-11,15H,8-9H2,1-3H3. The third kappa shape index (κ3) is 3.54. The fourth-order valence-corrected chi connectivity index (χ4v) is 1.89. The molecule has 0 saturated carbocycles. The summed E-state index contributed by atoms with van der Waals surface area (Å²) in [5.41, 5.74) is 1.22. The van der Waals surface area contributed by atoms with Crippen molar-refractivity contribution in [2.75, 3.05) is 7.11 Å². The molecular weight excluding hydrogens is 240 g/mol. The highest BCUT2D eigenvalue weighted by Gasteiger charge is 2.06. The minimum Gasteiger partial charge on any atom is -0.497 e. The van der Waals surface area contributed by atoms with E-state index in [0.717, 1.165) is 18.1 Å². The number of nitrogens with one attached hydrogen (secondary N) is 1. The maximum absolute atomic E-state index is 5.13. The van der Waals surface area contributed by atoms with Gasteiger partial charge in [0.15, 0.2) is 0 Å². The summed E-state index contributed by atoms with van der Waals surface area (Å²) < 4.78 is 7.06. The topological polar surface area (TPSA) is 52.0 Å². The Bertz CT molecular complexity index is 504. The number of benzene rings is 1. The Morgan fingerprint density at radius 3 is 2.58 bits per heavy atom. The first kappa shape index (κ1) is 13.5. The van der Waals surface area contributed by atoms with Crippen molar-refractivity contribution in [1.82, 2.24) is 20.1 Å². The number of nitrogens with zero attached hydrogens (tertiary/aromatic N) is 3. The molecule has 5 heteroatoms. The predicted molar refractivity (Wildman–Crippen MR) is 73.9 cm³/mol. The van der Waals surface area contributed by atoms with Gasteiger partial charge >= 0.3 is 0 Å². The van der Waals surface area contributed by atoms with Gasteiger partial charge in [-0.3, -0.25) is 0 Å². The van der Waals surface area contributed by atoms with Crippen molar-refractivity contribution in [2.24, 2.45) is 0 Å². The zero-order chi connectivity index (χ0) is 13.7. The van der Waals surface area contributed by atoms with E-state index in [1.165, 1.54) is 5.56 Å². The van der Waals surface area contributed by atoms with Gasteiger partial charge in [-0.25, -0.2) is 9.67 Å². The molecule has 2 rings (SSSR count). The Balaban J connectivity index is 1.87. The Morgan fingerprint density at radius 1 is 1.21 bits per heavy atom. The third-order valence-electron chi connectivity index (χ3n) is 2.91. The van der Waals surface area contributed by atoms with E-state index in [-0.39, 0.29) is 0 Å². The van der Waals surface area contributed by atoms with E-state index in [2.05, 4.69) is 41.4 Å². The van der Waals surface area contributed by atoms with Crippen LogP contribution in [-0.4, -0.2) is 21.9 Å². The number of aromatic nitrogens is 3. The molecule has 0 aliphatic rings. The molecule has 0 aliphatic carbocycles. The highest BCUT2D eigenvalue weighted by molar-refractivity contribution is 5.26. The van der Waals surface area contributed by atoms with Crippen molar-refractivity contribution in [3.63, 3.8) is 0 Å². The first-order valence-electron chi connectivity index (χ1n) is 6.42. The average molecular weight is 260 g/mol. The number of hydrogen-bond acceptors (Lipinski definition) is 4. The van der Waals surface area contributed by atoms with Crippen molar-refractivity contribution in [1.29, 1.82) is 0 Å². The average Bonchev–Trinajstić information content (AvgIpc) is 2.88. The van der Waals surface area contributed by atoms with Crippen LogP contribution >= 0.6 is 0 Å². The second-order valence-electron chi connectivity index (χ2n) is 4.67. The van der Waals surface area contributed by atoms with Crippen molar-refractivity contribution >= 4 is 0 Å². The molecule has 0 spiro atoms. The summed E-state index contributed by atoms with van der Waals surface area (Å²) in [6.45, 7) is 5.71. The summed E-state index contributed by atoms with van der Waals surface area (Å²) in [4.78, 5) is 4.27. The zero-order valence-corrected chi connectivity index (χ0v) is 11.6. The second-order valence-corrected chi connectivity index (χ2v) is 4.67. The second kappa shape index (κ2) is 6.33. The van der Waals surface area contributed by atoms with Gasteiger partial charge in [0, 0.05) is 12.6 Å². The van der Waals surface area contributed by atoms with E-state index in [9.17, 15) is 0 Å². The van der Waals surface area contributed by atoms with E-state index in [1.807, 2.05) is 16.8 Å². The molecule has 0 bridgehead atoms. The van der Waals surface area contributed by atoms with Gasteiger partial charge in [-0.2, -0.15) is 5.10 Å². The predicted octanol–water partition coefficient (Wildman–Crippen LogP) is 2.16. The molecule has 0 unspecified atom stereocenters. The molecule has 1 aromatic heterocycles. The summed E-state index contributed by atoms with van der Waals surface area (Å²) in [6.07, 6.45) is 1.60. The van der Waals surface area contributed by atoms with Crippen LogP contribution < -0.4 is 10.1 Å². The van der Waals surface area contributed by atoms with Gasteiger partial charge in [0.2, 0.25) is 0 Å². The normalized spacial score (nSPS) is 10.9. The number of ether oxygens (including phenoxy) is 1. The van der Waals surface area contributed by atoms with Crippen molar-refractivity contribution < 1.29 is 4.74 Å². The van der Waals surface area contributed by atoms with Gasteiger partial charge in [0.05, 0.1) is 13.7 Å². The Labute approximate surface area is 113 Å². The zero-order valence-electron chi connectivity index (χ0n) is 11.6. The monoisotopic (exact) mass is 260 g/mol. The molecule has 102 valence electrons. The van der Waals surface area contributed by atoms with Gasteiger partial charge < -0.3 is 10.1 Å². The summed E-state index contributed by atoms with van der Waals surface area (Å²) in [7, 11) is 1.67. The van der Waals surface area contributed by atoms with Crippen molar-refractivity contribution in [3.05, 3.63) is 42.0 Å². The lowest BCUT2D eigenvalue weighted by atomic mass is 10.2. The molecule has 19 heavy (non-hydrogen) atoms. The van der Waals surface area contributed by atoms with E-state index < -0.39 is 0 Å². The molecule has 0 aliphatic heterocycles. The van der Waals surface area contributed by atoms with Crippen molar-refractivity contribution in [3.8, 4) is 5.75 Å². The molecule has 0 saturated heterocycles. The fraction of sp³-hybridized carbons (Fsp3) is 0.429. The Hall–Kier alpha value is -1.88. The van der Waals surface area contributed by atoms with E-state index >= 15 is 0 Å². The molecular formula is C14H20N4O. The lowest BCUT2D eigenvalue weighted by Gasteiger charge is -2.10. The molecule has 1 heterocycles. The molecule has 5 nitrogen and oxygen atoms in total. The molecule has 0 radical (unpaired) electrons. The third-order valence-corrected chi connectivity index (χ3v) is 2.91. The molecule has 0 atom stereocenters. The van der Waals surface area contributed by atoms with Gasteiger partial charge in [-0.15, -0.1) is 0 Å². The van der Waals surface area contributed by atoms with Crippen LogP contribution in [0.2, 0.25) is 0 Å². The first-order chi connectivity index (χ1) is 9.20. The SMILES string of the molecule is COc1ccc(CNCc2ncnn2C(C)C)cc1. The smallest absolute Gasteiger partial charge is 0.141 e. The van der Waals surface area contributed by atoms with E-state index in [1.54, 1.807) is 13.4 Å². The van der Waals surface area contributed by atoms with Crippen LogP contribution in [0.1, 0.15) is 31.3 Å². The summed E-state index contributed by atoms with van der Waals surface area (Å²) in [6, 6.07) is 8.37. The van der Waals surface area contributed by atoms with Gasteiger partial charge in [0.1, 0.15) is 17.9 Å². The highest BCUT2D eigenvalue weighted by atomic mass is 16.5. The highest BCUT2D eigenvalue weighted by Crippen LogP contribution is 2.11. The first-order valence-corrected chi connectivity index (χ1v) is 6.42. The van der Waals surface area contributed by atoms with Crippen LogP contribution in [0.5, 0.6) is 5.75 Å². The minimum absolute atomic E-state index is 0.334. The quantitative estimate of drug-likeness (QED) is 0.864. The summed E-state index contributed by atoms with van der Waals surface area (Å²) in [5.74, 6) is 1.84. The lowest BCUT2D eigenvalue weighted by molar-refractivity contribution is 0.414. The van der Waals surface area contributed by atoms with Crippen molar-refractivity contribution in [2.45, 2.75) is 33.0 Å². The largest absolute Gasteiger partial charge is 0.497 e. The van der Waals surface area contributed by atoms with Crippen LogP contribution in [0.4, 0.5) is 0 Å². The van der Waals surface area contributed by atoms with E-state index in [0.29, 0.717) is 12.6 Å². The molecule has 1 N–H and O–H groups in total. The van der Waals surface area contributed by atoms with Gasteiger partial charge in [-0.05, 0) is 31.5 Å². The van der Waals surface area contributed by atoms with Crippen LogP contribution in [0, 0.1) is 0 Å². The van der Waals surface area contributed by atoms with Crippen LogP contribution in [-0.2, 0) is 13.1 Å². The molecule has 1 aromatic carbocycles. The number of hydrogen-bond donors (Lipinski definition) is 1. The minimum atomic E-state index is 0.334. The Kier molecular flexibility index (Phi) is 4.52. The lowest BCUT2D eigenvalue weighted by Crippen LogP contribution is -2.18.